The molecular formula is C43H39LiN4O9. The Bertz CT molecular complexity index is 2540. The van der Waals surface area contributed by atoms with Crippen LogP contribution in [-0.4, -0.2) is 62.2 Å². The van der Waals surface area contributed by atoms with E-state index in [1.54, 1.807) is 127 Å². The van der Waals surface area contributed by atoms with Crippen molar-refractivity contribution >= 4 is 45.9 Å². The number of fused-ring (bicyclic) bond motifs is 2. The maximum absolute atomic E-state index is 12.8. The molecule has 0 fully saturated rings. The van der Waals surface area contributed by atoms with E-state index in [-0.39, 0.29) is 41.0 Å². The van der Waals surface area contributed by atoms with Gasteiger partial charge in [0, 0.05) is 34.3 Å². The third kappa shape index (κ3) is 9.98. The molecule has 2 aromatic heterocycles. The molecule has 0 aliphatic rings. The molecule has 14 heteroatoms. The topological polar surface area (TPSA) is 204 Å². The van der Waals surface area contributed by atoms with Gasteiger partial charge in [0.2, 0.25) is 0 Å². The summed E-state index contributed by atoms with van der Waals surface area (Å²) in [5, 5.41) is 28.9. The molecule has 0 unspecified atom stereocenters. The van der Waals surface area contributed by atoms with Crippen molar-refractivity contribution in [2.45, 2.75) is 52.7 Å². The fraction of sp³-hybridized carbons (Fsp3) is 0.209. The van der Waals surface area contributed by atoms with Crippen LogP contribution in [0.3, 0.4) is 0 Å². The predicted molar refractivity (Wildman–Crippen MR) is 208 cm³/mol. The van der Waals surface area contributed by atoms with Gasteiger partial charge >= 0.3 is 43.0 Å². The summed E-state index contributed by atoms with van der Waals surface area (Å²) in [4.78, 5) is 49.5. The van der Waals surface area contributed by atoms with Crippen molar-refractivity contribution in [1.29, 1.82) is 10.5 Å². The number of esters is 1. The van der Waals surface area contributed by atoms with E-state index in [1.807, 2.05) is 6.07 Å². The third-order valence-corrected chi connectivity index (χ3v) is 8.12. The molecule has 6 rings (SSSR count). The molecule has 4 aromatic carbocycles. The molecule has 286 valence electrons. The van der Waals surface area contributed by atoms with E-state index in [4.69, 9.17) is 24.7 Å². The van der Waals surface area contributed by atoms with Gasteiger partial charge in [-0.25, -0.2) is 19.2 Å². The molecule has 2 N–H and O–H groups in total. The summed E-state index contributed by atoms with van der Waals surface area (Å²) < 4.78 is 18.4. The summed E-state index contributed by atoms with van der Waals surface area (Å²) >= 11 is 0. The molecule has 0 spiro atoms. The first-order valence-electron chi connectivity index (χ1n) is 17.0. The molecule has 2 heterocycles. The van der Waals surface area contributed by atoms with Gasteiger partial charge in [-0.2, -0.15) is 10.5 Å². The minimum Gasteiger partial charge on any atom is -0.870 e. The zero-order valence-electron chi connectivity index (χ0n) is 32.8. The van der Waals surface area contributed by atoms with E-state index in [0.29, 0.717) is 33.0 Å². The Morgan fingerprint density at radius 3 is 1.32 bits per heavy atom. The fourth-order valence-corrected chi connectivity index (χ4v) is 5.83. The van der Waals surface area contributed by atoms with Crippen LogP contribution in [0, 0.1) is 22.7 Å². The molecule has 0 bridgehead atoms. The Kier molecular flexibility index (Phi) is 14.0. The van der Waals surface area contributed by atoms with Gasteiger partial charge < -0.3 is 24.8 Å². The Balaban J connectivity index is 0.000000295. The van der Waals surface area contributed by atoms with E-state index >= 15 is 0 Å². The third-order valence-electron chi connectivity index (χ3n) is 8.12. The number of carbonyl (C=O) groups is 4. The normalized spacial score (nSPS) is 10.8. The summed E-state index contributed by atoms with van der Waals surface area (Å²) in [6.45, 7) is 10.6. The van der Waals surface area contributed by atoms with Gasteiger partial charge in [0.05, 0.1) is 52.5 Å². The second-order valence-electron chi connectivity index (χ2n) is 14.4. The van der Waals surface area contributed by atoms with E-state index in [0.717, 1.165) is 16.7 Å². The number of carbonyl (C=O) groups excluding carboxylic acids is 3. The molecule has 0 aliphatic heterocycles. The fourth-order valence-electron chi connectivity index (χ4n) is 5.83. The molecule has 0 saturated heterocycles. The predicted octanol–water partition coefficient (Wildman–Crippen LogP) is 6.24. The number of carboxylic acid groups (broad SMARTS) is 1. The summed E-state index contributed by atoms with van der Waals surface area (Å²) in [5.41, 5.74) is 3.63. The van der Waals surface area contributed by atoms with Crippen molar-refractivity contribution in [3.8, 4) is 34.4 Å². The largest absolute Gasteiger partial charge is 1.00 e. The summed E-state index contributed by atoms with van der Waals surface area (Å²) in [6, 6.07) is 28.1. The van der Waals surface area contributed by atoms with Crippen LogP contribution in [0.15, 0.2) is 97.3 Å². The SMILES string of the molecule is CC(C)(C)OC(=O)n1cc(-c2ccc(C#N)cc2)c2cccc(C(=O)O)c21.COC(=O)c1cccc2c(-c3ccc(C#N)cc3)cn(C(=O)OC(C)(C)C)c12.[Li+].[OH-]. The van der Waals surface area contributed by atoms with Crippen molar-refractivity contribution < 1.29 is 62.8 Å². The van der Waals surface area contributed by atoms with Crippen LogP contribution in [0.25, 0.3) is 44.1 Å². The number of aromatic carboxylic acids is 1. The molecule has 57 heavy (non-hydrogen) atoms. The summed E-state index contributed by atoms with van der Waals surface area (Å²) in [6.07, 6.45) is 1.98. The van der Waals surface area contributed by atoms with Crippen molar-refractivity contribution in [2.24, 2.45) is 0 Å². The number of methoxy groups -OCH3 is 1. The Labute approximate surface area is 341 Å². The van der Waals surface area contributed by atoms with Gasteiger partial charge in [-0.3, -0.25) is 9.13 Å². The first-order valence-corrected chi connectivity index (χ1v) is 17.0. The molecule has 0 atom stereocenters. The molecule has 0 saturated carbocycles. The van der Waals surface area contributed by atoms with Crippen LogP contribution in [-0.2, 0) is 14.2 Å². The summed E-state index contributed by atoms with van der Waals surface area (Å²) in [7, 11) is 1.30. The maximum Gasteiger partial charge on any atom is 1.00 e. The number of rotatable bonds is 4. The smallest absolute Gasteiger partial charge is 0.870 e. The van der Waals surface area contributed by atoms with Gasteiger partial charge in [-0.05, 0) is 89.1 Å². The number of nitrogens with zero attached hydrogens (tertiary/aromatic N) is 4. The van der Waals surface area contributed by atoms with Gasteiger partial charge in [0.15, 0.2) is 0 Å². The number of hydrogen-bond donors (Lipinski definition) is 1. The van der Waals surface area contributed by atoms with Crippen LogP contribution in [0.2, 0.25) is 0 Å². The van der Waals surface area contributed by atoms with Crippen molar-refractivity contribution in [3.05, 3.63) is 120 Å². The van der Waals surface area contributed by atoms with Crippen molar-refractivity contribution in [3.63, 3.8) is 0 Å². The van der Waals surface area contributed by atoms with Crippen LogP contribution in [0.5, 0.6) is 0 Å². The molecule has 13 nitrogen and oxygen atoms in total. The van der Waals surface area contributed by atoms with Crippen LogP contribution in [0.4, 0.5) is 9.59 Å². The van der Waals surface area contributed by atoms with Gasteiger partial charge in [0.25, 0.3) is 0 Å². The van der Waals surface area contributed by atoms with Gasteiger partial charge in [-0.1, -0.05) is 48.5 Å². The Hall–Kier alpha value is -6.62. The Morgan fingerprint density at radius 2 is 0.982 bits per heavy atom. The molecule has 6 aromatic rings. The number of aromatic nitrogens is 2. The Morgan fingerprint density at radius 1 is 0.614 bits per heavy atom. The minimum atomic E-state index is -1.13. The second-order valence-corrected chi connectivity index (χ2v) is 14.4. The molecular weight excluding hydrogens is 723 g/mol. The number of para-hydroxylation sites is 2. The second kappa shape index (κ2) is 17.9. The number of ether oxygens (including phenoxy) is 3. The van der Waals surface area contributed by atoms with E-state index in [1.165, 1.54) is 22.3 Å². The maximum atomic E-state index is 12.8. The monoisotopic (exact) mass is 762 g/mol. The van der Waals surface area contributed by atoms with E-state index in [2.05, 4.69) is 12.1 Å². The first kappa shape index (κ1) is 44.8. The first-order chi connectivity index (χ1) is 26.0. The zero-order chi connectivity index (χ0) is 40.2. The average Bonchev–Trinajstić information content (AvgIpc) is 3.73. The standard InChI is InChI=1S/C22H20N2O4.C21H18N2O4.Li.H2O/c1-22(2,3)28-21(26)24-13-18(15-10-8-14(12-23)9-11-15)16-6-5-7-17(19(16)24)20(25)27-4;1-21(2,3)27-20(26)23-12-17(14-9-7-13(11-22)8-10-14)15-5-4-6-16(18(15)23)19(24)25;;/h5-11,13H,1-4H3;4-10,12H,1-3H3,(H,24,25);;1H2/q;;+1;/p-1. The van der Waals surface area contributed by atoms with E-state index in [9.17, 15) is 24.3 Å². The van der Waals surface area contributed by atoms with Crippen LogP contribution >= 0.6 is 0 Å². The molecule has 0 aliphatic carbocycles. The van der Waals surface area contributed by atoms with Crippen molar-refractivity contribution in [1.82, 2.24) is 9.13 Å². The number of benzene rings is 4. The molecule has 0 amide bonds. The number of hydrogen-bond acceptors (Lipinski definition) is 10. The number of carboxylic acids is 1. The van der Waals surface area contributed by atoms with Gasteiger partial charge in [0.1, 0.15) is 11.2 Å². The summed E-state index contributed by atoms with van der Waals surface area (Å²) in [5.74, 6) is -1.67. The van der Waals surface area contributed by atoms with Crippen molar-refractivity contribution in [2.75, 3.05) is 7.11 Å². The van der Waals surface area contributed by atoms with Crippen LogP contribution < -0.4 is 18.9 Å². The van der Waals surface area contributed by atoms with E-state index < -0.39 is 35.3 Å². The minimum absolute atomic E-state index is 0. The zero-order valence-corrected chi connectivity index (χ0v) is 32.8. The number of nitriles is 2. The quantitative estimate of drug-likeness (QED) is 0.121. The van der Waals surface area contributed by atoms with Crippen LogP contribution in [0.1, 0.15) is 73.4 Å². The van der Waals surface area contributed by atoms with Gasteiger partial charge in [-0.15, -0.1) is 0 Å². The molecule has 0 radical (unpaired) electrons. The average molecular weight is 763 g/mol.